The molecule has 8 aliphatic rings. The van der Waals surface area contributed by atoms with Crippen LogP contribution in [0.2, 0.25) is 0 Å². The SMILES string of the molecule is C[C@@H]1CCC2(OC1)OC1CC3C4C[C@@H](O)[C@H]5C[C@@H](O[C@@H]6O[C@H](CO)[C@@H](O[C@H]7O[C@H](CO)[C@H](O)[C@H](O)[C@H]7O)[C@H](O)[C@H]6O)[C@H](O)C[C@]5(C)C4CC[C@]3(C)C1[C@@H]2C. The molecule has 8 fully saturated rings. The van der Waals surface area contributed by atoms with Crippen molar-refractivity contribution in [2.75, 3.05) is 19.8 Å². The summed E-state index contributed by atoms with van der Waals surface area (Å²) >= 11 is 0. The highest BCUT2D eigenvalue weighted by molar-refractivity contribution is 5.17. The van der Waals surface area contributed by atoms with Gasteiger partial charge in [-0.1, -0.05) is 27.7 Å². The summed E-state index contributed by atoms with van der Waals surface area (Å²) in [6, 6.07) is 0. The zero-order valence-electron chi connectivity index (χ0n) is 31.9. The quantitative estimate of drug-likeness (QED) is 0.153. The molecule has 24 atom stereocenters. The first-order chi connectivity index (χ1) is 25.6. The van der Waals surface area contributed by atoms with E-state index < -0.39 is 98.7 Å². The molecule has 54 heavy (non-hydrogen) atoms. The lowest BCUT2D eigenvalue weighted by Crippen LogP contribution is -2.65. The third kappa shape index (κ3) is 6.18. The maximum absolute atomic E-state index is 11.9. The molecule has 15 heteroatoms. The Morgan fingerprint density at radius 1 is 0.667 bits per heavy atom. The van der Waals surface area contributed by atoms with Gasteiger partial charge in [0.15, 0.2) is 18.4 Å². The fraction of sp³-hybridized carbons (Fsp3) is 1.00. The van der Waals surface area contributed by atoms with Gasteiger partial charge in [-0.25, -0.2) is 0 Å². The second-order valence-electron chi connectivity index (χ2n) is 19.0. The van der Waals surface area contributed by atoms with Crippen LogP contribution in [0.3, 0.4) is 0 Å². The normalized spacial score (nSPS) is 60.1. The second-order valence-corrected chi connectivity index (χ2v) is 19.0. The molecule has 310 valence electrons. The van der Waals surface area contributed by atoms with E-state index in [2.05, 4.69) is 27.7 Å². The lowest BCUT2D eigenvalue weighted by molar-refractivity contribution is -0.367. The van der Waals surface area contributed by atoms with Gasteiger partial charge in [-0.15, -0.1) is 0 Å². The van der Waals surface area contributed by atoms with Gasteiger partial charge in [0.2, 0.25) is 0 Å². The minimum absolute atomic E-state index is 0.0753. The summed E-state index contributed by atoms with van der Waals surface area (Å²) in [7, 11) is 0. The third-order valence-corrected chi connectivity index (χ3v) is 16.2. The molecular formula is C39H64O15. The van der Waals surface area contributed by atoms with Gasteiger partial charge in [0, 0.05) is 12.3 Å². The summed E-state index contributed by atoms with van der Waals surface area (Å²) in [6.45, 7) is 8.57. The molecule has 4 saturated carbocycles. The molecule has 0 aromatic heterocycles. The Kier molecular flexibility index (Phi) is 10.9. The van der Waals surface area contributed by atoms with Crippen molar-refractivity contribution in [2.24, 2.45) is 52.3 Å². The zero-order chi connectivity index (χ0) is 38.6. The summed E-state index contributed by atoms with van der Waals surface area (Å²) in [5.41, 5.74) is -0.285. The maximum Gasteiger partial charge on any atom is 0.187 e. The summed E-state index contributed by atoms with van der Waals surface area (Å²) in [5, 5.41) is 96.4. The van der Waals surface area contributed by atoms with Crippen molar-refractivity contribution in [3.63, 3.8) is 0 Å². The maximum atomic E-state index is 11.9. The zero-order valence-corrected chi connectivity index (χ0v) is 31.9. The smallest absolute Gasteiger partial charge is 0.187 e. The average Bonchev–Trinajstić information content (AvgIpc) is 3.59. The molecule has 0 amide bonds. The number of fused-ring (bicyclic) bond motifs is 7. The monoisotopic (exact) mass is 772 g/mol. The minimum atomic E-state index is -1.77. The molecule has 15 nitrogen and oxygen atoms in total. The second kappa shape index (κ2) is 14.6. The Labute approximate surface area is 316 Å². The molecule has 9 N–H and O–H groups in total. The van der Waals surface area contributed by atoms with E-state index in [4.69, 9.17) is 28.4 Å². The van der Waals surface area contributed by atoms with Gasteiger partial charge in [0.05, 0.1) is 44.2 Å². The largest absolute Gasteiger partial charge is 0.394 e. The molecule has 0 bridgehead atoms. The van der Waals surface area contributed by atoms with Crippen LogP contribution in [-0.2, 0) is 28.4 Å². The van der Waals surface area contributed by atoms with Gasteiger partial charge >= 0.3 is 0 Å². The van der Waals surface area contributed by atoms with E-state index in [-0.39, 0.29) is 22.9 Å². The van der Waals surface area contributed by atoms with Gasteiger partial charge in [-0.3, -0.25) is 0 Å². The van der Waals surface area contributed by atoms with Gasteiger partial charge in [-0.2, -0.15) is 0 Å². The molecule has 1 spiro atoms. The van der Waals surface area contributed by atoms with Crippen LogP contribution in [0.15, 0.2) is 0 Å². The molecule has 8 rings (SSSR count). The fourth-order valence-corrected chi connectivity index (χ4v) is 13.3. The van der Waals surface area contributed by atoms with Crippen LogP contribution >= 0.6 is 0 Å². The third-order valence-electron chi connectivity index (χ3n) is 16.2. The van der Waals surface area contributed by atoms with Crippen molar-refractivity contribution >= 4 is 0 Å². The molecule has 0 radical (unpaired) electrons. The van der Waals surface area contributed by atoms with Crippen LogP contribution in [0.5, 0.6) is 0 Å². The lowest BCUT2D eigenvalue weighted by atomic mass is 9.43. The highest BCUT2D eigenvalue weighted by Gasteiger charge is 2.70. The van der Waals surface area contributed by atoms with Gasteiger partial charge in [-0.05, 0) is 91.3 Å². The number of aliphatic hydroxyl groups is 9. The van der Waals surface area contributed by atoms with Crippen molar-refractivity contribution in [1.29, 1.82) is 0 Å². The minimum Gasteiger partial charge on any atom is -0.394 e. The number of ether oxygens (including phenoxy) is 6. The summed E-state index contributed by atoms with van der Waals surface area (Å²) < 4.78 is 36.6. The average molecular weight is 773 g/mol. The first-order valence-electron chi connectivity index (χ1n) is 20.5. The van der Waals surface area contributed by atoms with Gasteiger partial charge < -0.3 is 74.4 Å². The van der Waals surface area contributed by atoms with Crippen LogP contribution in [0, 0.1) is 52.3 Å². The van der Waals surface area contributed by atoms with E-state index in [9.17, 15) is 46.0 Å². The van der Waals surface area contributed by atoms with Gasteiger partial charge in [0.25, 0.3) is 0 Å². The molecule has 0 aromatic rings. The molecule has 6 unspecified atom stereocenters. The number of hydrogen-bond donors (Lipinski definition) is 9. The van der Waals surface area contributed by atoms with E-state index in [0.29, 0.717) is 54.8 Å². The molecule has 4 heterocycles. The van der Waals surface area contributed by atoms with Crippen molar-refractivity contribution in [3.8, 4) is 0 Å². The number of rotatable bonds is 6. The molecular weight excluding hydrogens is 708 g/mol. The van der Waals surface area contributed by atoms with Crippen molar-refractivity contribution in [1.82, 2.24) is 0 Å². The van der Waals surface area contributed by atoms with E-state index in [1.165, 1.54) is 0 Å². The summed E-state index contributed by atoms with van der Waals surface area (Å²) in [5.74, 6) is 1.55. The summed E-state index contributed by atoms with van der Waals surface area (Å²) in [6.07, 6.45) is -11.6. The van der Waals surface area contributed by atoms with Gasteiger partial charge in [0.1, 0.15) is 48.8 Å². The van der Waals surface area contributed by atoms with Crippen molar-refractivity contribution in [2.45, 2.75) is 171 Å². The molecule has 4 aliphatic heterocycles. The van der Waals surface area contributed by atoms with E-state index in [1.54, 1.807) is 0 Å². The first-order valence-corrected chi connectivity index (χ1v) is 20.5. The predicted octanol–water partition coefficient (Wildman–Crippen LogP) is -0.616. The Morgan fingerprint density at radius 2 is 1.35 bits per heavy atom. The van der Waals surface area contributed by atoms with Crippen molar-refractivity contribution < 1.29 is 74.4 Å². The predicted molar refractivity (Wildman–Crippen MR) is 186 cm³/mol. The Balaban J connectivity index is 0.931. The van der Waals surface area contributed by atoms with Crippen molar-refractivity contribution in [3.05, 3.63) is 0 Å². The van der Waals surface area contributed by atoms with Crippen LogP contribution < -0.4 is 0 Å². The van der Waals surface area contributed by atoms with Crippen LogP contribution in [0.25, 0.3) is 0 Å². The highest BCUT2D eigenvalue weighted by Crippen LogP contribution is 2.71. The fourth-order valence-electron chi connectivity index (χ4n) is 13.3. The molecule has 4 saturated heterocycles. The van der Waals surface area contributed by atoms with E-state index in [0.717, 1.165) is 38.7 Å². The number of hydrogen-bond acceptors (Lipinski definition) is 15. The molecule has 4 aliphatic carbocycles. The standard InChI is InChI=1S/C39H64O15/c1-16-5-8-39(49-15-16)17(2)28-25(54-39)10-20-18-9-22(42)21-11-24(23(43)12-38(21,4)19(18)6-7-37(20,28)3)50-35-33(48)31(46)34(27(14-41)52-35)53-36-32(47)30(45)29(44)26(13-40)51-36/h16-36,40-48H,5-15H2,1-4H3/t16-,17+,18?,19?,20?,21-,22-,23-,24-,25?,26-,27-,28?,29+,30+,31-,32-,33-,34-,35-,36-,37+,38-,39?/m1/s1. The highest BCUT2D eigenvalue weighted by atomic mass is 16.7. The Hall–Kier alpha value is -0.600. The van der Waals surface area contributed by atoms with Crippen LogP contribution in [0.1, 0.15) is 79.1 Å². The number of aliphatic hydroxyl groups excluding tert-OH is 9. The van der Waals surface area contributed by atoms with Crippen LogP contribution in [-0.4, -0.2) is 157 Å². The lowest BCUT2D eigenvalue weighted by Gasteiger charge is -2.63. The van der Waals surface area contributed by atoms with E-state index in [1.807, 2.05) is 0 Å². The first kappa shape index (κ1) is 40.2. The van der Waals surface area contributed by atoms with Crippen LogP contribution in [0.4, 0.5) is 0 Å². The molecule has 0 aromatic carbocycles. The summed E-state index contributed by atoms with van der Waals surface area (Å²) in [4.78, 5) is 0. The topological polar surface area (TPSA) is 237 Å². The van der Waals surface area contributed by atoms with E-state index >= 15 is 0 Å². The Morgan fingerprint density at radius 3 is 2.04 bits per heavy atom. The Bertz CT molecular complexity index is 1330.